The number of hydrogen-bond acceptors (Lipinski definition) is 5. The lowest BCUT2D eigenvalue weighted by Gasteiger charge is -2.09. The first kappa shape index (κ1) is 19.9. The number of rotatable bonds is 7. The minimum atomic E-state index is -3.71. The molecular formula is C19H18ClNO4S2. The van der Waals surface area contributed by atoms with E-state index < -0.39 is 16.1 Å². The molecule has 5 nitrogen and oxygen atoms in total. The van der Waals surface area contributed by atoms with Gasteiger partial charge in [-0.3, -0.25) is 0 Å². The number of ether oxygens (including phenoxy) is 1. The smallest absolute Gasteiger partial charge is 0.240 e. The summed E-state index contributed by atoms with van der Waals surface area (Å²) in [4.78, 5) is 1.61. The van der Waals surface area contributed by atoms with Gasteiger partial charge in [0, 0.05) is 16.3 Å². The Labute approximate surface area is 167 Å². The highest BCUT2D eigenvalue weighted by atomic mass is 35.5. The minimum absolute atomic E-state index is 0.0643. The van der Waals surface area contributed by atoms with E-state index >= 15 is 0 Å². The van der Waals surface area contributed by atoms with Crippen molar-refractivity contribution in [3.8, 4) is 5.75 Å². The van der Waals surface area contributed by atoms with Crippen LogP contribution in [0.5, 0.6) is 5.75 Å². The van der Waals surface area contributed by atoms with Crippen molar-refractivity contribution < 1.29 is 18.3 Å². The Morgan fingerprint density at radius 3 is 2.56 bits per heavy atom. The fraction of sp³-hybridized carbons (Fsp3) is 0.158. The molecule has 142 valence electrons. The fourth-order valence-electron chi connectivity index (χ4n) is 2.50. The van der Waals surface area contributed by atoms with Gasteiger partial charge in [-0.25, -0.2) is 13.1 Å². The molecule has 3 rings (SSSR count). The molecule has 0 aliphatic heterocycles. The molecule has 0 aliphatic rings. The molecule has 0 spiro atoms. The molecule has 1 aromatic heterocycles. The number of benzene rings is 2. The summed E-state index contributed by atoms with van der Waals surface area (Å²) in [6.07, 6.45) is -0.734. The third-order valence-electron chi connectivity index (χ3n) is 3.94. The van der Waals surface area contributed by atoms with Gasteiger partial charge in [0.15, 0.2) is 0 Å². The molecule has 0 bridgehead atoms. The predicted octanol–water partition coefficient (Wildman–Crippen LogP) is 3.97. The zero-order chi connectivity index (χ0) is 19.4. The summed E-state index contributed by atoms with van der Waals surface area (Å²) in [5.41, 5.74) is 0.791. The first-order chi connectivity index (χ1) is 12.9. The van der Waals surface area contributed by atoms with E-state index in [1.807, 2.05) is 30.3 Å². The number of methoxy groups -OCH3 is 1. The average Bonchev–Trinajstić information content (AvgIpc) is 3.15. The number of thiophene rings is 1. The third kappa shape index (κ3) is 4.69. The highest BCUT2D eigenvalue weighted by Gasteiger charge is 2.17. The lowest BCUT2D eigenvalue weighted by molar-refractivity contribution is 0.224. The molecule has 0 fully saturated rings. The molecule has 0 amide bonds. The molecule has 0 saturated carbocycles. The predicted molar refractivity (Wildman–Crippen MR) is 107 cm³/mol. The van der Waals surface area contributed by atoms with Crippen LogP contribution in [0.3, 0.4) is 0 Å². The average molecular weight is 424 g/mol. The highest BCUT2D eigenvalue weighted by Crippen LogP contribution is 2.29. The molecular weight excluding hydrogens is 406 g/mol. The van der Waals surface area contributed by atoms with Crippen molar-refractivity contribution in [3.63, 3.8) is 0 Å². The van der Waals surface area contributed by atoms with Crippen LogP contribution in [0.15, 0.2) is 65.6 Å². The Kier molecular flexibility index (Phi) is 6.18. The molecule has 0 aliphatic carbocycles. The van der Waals surface area contributed by atoms with E-state index in [2.05, 4.69) is 4.72 Å². The van der Waals surface area contributed by atoms with Gasteiger partial charge in [0.2, 0.25) is 10.0 Å². The maximum atomic E-state index is 12.5. The van der Waals surface area contributed by atoms with Gasteiger partial charge in [-0.1, -0.05) is 41.9 Å². The van der Waals surface area contributed by atoms with Gasteiger partial charge in [0.25, 0.3) is 0 Å². The van der Waals surface area contributed by atoms with Gasteiger partial charge >= 0.3 is 0 Å². The zero-order valence-electron chi connectivity index (χ0n) is 14.4. The molecule has 0 saturated heterocycles. The van der Waals surface area contributed by atoms with Gasteiger partial charge in [-0.2, -0.15) is 0 Å². The number of sulfonamides is 1. The molecule has 2 N–H and O–H groups in total. The van der Waals surface area contributed by atoms with Crippen LogP contribution in [0, 0.1) is 0 Å². The van der Waals surface area contributed by atoms with Crippen LogP contribution in [0.1, 0.15) is 21.4 Å². The second kappa shape index (κ2) is 8.41. The van der Waals surface area contributed by atoms with E-state index in [0.29, 0.717) is 5.75 Å². The first-order valence-corrected chi connectivity index (χ1v) is 10.7. The van der Waals surface area contributed by atoms with Crippen LogP contribution in [-0.2, 0) is 16.6 Å². The van der Waals surface area contributed by atoms with Crippen LogP contribution in [0.2, 0.25) is 5.02 Å². The van der Waals surface area contributed by atoms with E-state index in [0.717, 1.165) is 15.3 Å². The number of aliphatic hydroxyl groups is 1. The number of aliphatic hydroxyl groups excluding tert-OH is 1. The SMILES string of the molecule is COc1ccc(S(=O)(=O)NCc2ccc([C@@H](O)c3ccccc3)s2)cc1Cl. The molecule has 1 heterocycles. The van der Waals surface area contributed by atoms with E-state index in [9.17, 15) is 13.5 Å². The molecule has 0 radical (unpaired) electrons. The molecule has 2 aromatic carbocycles. The Balaban J connectivity index is 1.70. The van der Waals surface area contributed by atoms with Crippen LogP contribution < -0.4 is 9.46 Å². The normalized spacial score (nSPS) is 12.7. The summed E-state index contributed by atoms with van der Waals surface area (Å²) in [6, 6.07) is 17.2. The Hall–Kier alpha value is -1.90. The van der Waals surface area contributed by atoms with Gasteiger partial charge < -0.3 is 9.84 Å². The molecule has 0 unspecified atom stereocenters. The van der Waals surface area contributed by atoms with Gasteiger partial charge in [0.1, 0.15) is 11.9 Å². The standard InChI is InChI=1S/C19H18ClNO4S2/c1-25-17-9-8-15(11-16(17)20)27(23,24)21-12-14-7-10-18(26-14)19(22)13-5-3-2-4-6-13/h2-11,19,21-22H,12H2,1H3/t19-/m0/s1. The maximum absolute atomic E-state index is 12.5. The summed E-state index contributed by atoms with van der Waals surface area (Å²) in [5, 5.41) is 10.7. The number of halogens is 1. The van der Waals surface area contributed by atoms with E-state index in [1.54, 1.807) is 12.1 Å². The van der Waals surface area contributed by atoms with Gasteiger partial charge in [-0.05, 0) is 35.9 Å². The van der Waals surface area contributed by atoms with Crippen LogP contribution in [0.4, 0.5) is 0 Å². The van der Waals surface area contributed by atoms with Crippen molar-refractivity contribution in [1.82, 2.24) is 4.72 Å². The monoisotopic (exact) mass is 423 g/mol. The maximum Gasteiger partial charge on any atom is 0.240 e. The Morgan fingerprint density at radius 2 is 1.89 bits per heavy atom. The van der Waals surface area contributed by atoms with Crippen LogP contribution in [-0.4, -0.2) is 20.6 Å². The highest BCUT2D eigenvalue weighted by molar-refractivity contribution is 7.89. The molecule has 27 heavy (non-hydrogen) atoms. The summed E-state index contributed by atoms with van der Waals surface area (Å²) < 4.78 is 32.5. The molecule has 1 atom stereocenters. The number of nitrogens with one attached hydrogen (secondary N) is 1. The van der Waals surface area contributed by atoms with Crippen molar-refractivity contribution in [2.45, 2.75) is 17.5 Å². The molecule has 3 aromatic rings. The van der Waals surface area contributed by atoms with Crippen molar-refractivity contribution in [3.05, 3.63) is 81.0 Å². The largest absolute Gasteiger partial charge is 0.495 e. The van der Waals surface area contributed by atoms with Crippen molar-refractivity contribution in [2.75, 3.05) is 7.11 Å². The second-order valence-corrected chi connectivity index (χ2v) is 9.11. The van der Waals surface area contributed by atoms with Gasteiger partial charge in [-0.15, -0.1) is 11.3 Å². The Morgan fingerprint density at radius 1 is 1.15 bits per heavy atom. The first-order valence-electron chi connectivity index (χ1n) is 8.05. The summed E-state index contributed by atoms with van der Waals surface area (Å²) >= 11 is 7.36. The summed E-state index contributed by atoms with van der Waals surface area (Å²) in [6.45, 7) is 0.123. The fourth-order valence-corrected chi connectivity index (χ4v) is 4.91. The second-order valence-electron chi connectivity index (χ2n) is 5.74. The quantitative estimate of drug-likeness (QED) is 0.602. The van der Waals surface area contributed by atoms with Crippen molar-refractivity contribution >= 4 is 33.0 Å². The summed E-state index contributed by atoms with van der Waals surface area (Å²) in [7, 11) is -2.25. The van der Waals surface area contributed by atoms with Crippen molar-refractivity contribution in [1.29, 1.82) is 0 Å². The van der Waals surface area contributed by atoms with Crippen LogP contribution >= 0.6 is 22.9 Å². The lowest BCUT2D eigenvalue weighted by Crippen LogP contribution is -2.22. The summed E-state index contributed by atoms with van der Waals surface area (Å²) in [5.74, 6) is 0.411. The minimum Gasteiger partial charge on any atom is -0.495 e. The van der Waals surface area contributed by atoms with Crippen LogP contribution in [0.25, 0.3) is 0 Å². The Bertz CT molecular complexity index is 1020. The molecule has 8 heteroatoms. The van der Waals surface area contributed by atoms with E-state index in [4.69, 9.17) is 16.3 Å². The third-order valence-corrected chi connectivity index (χ3v) is 6.77. The topological polar surface area (TPSA) is 75.6 Å². The van der Waals surface area contributed by atoms with E-state index in [-0.39, 0.29) is 16.5 Å². The van der Waals surface area contributed by atoms with Crippen molar-refractivity contribution in [2.24, 2.45) is 0 Å². The van der Waals surface area contributed by atoms with E-state index in [1.165, 1.54) is 36.6 Å². The van der Waals surface area contributed by atoms with Gasteiger partial charge in [0.05, 0.1) is 17.0 Å². The lowest BCUT2D eigenvalue weighted by atomic mass is 10.1. The zero-order valence-corrected chi connectivity index (χ0v) is 16.8. The number of hydrogen-bond donors (Lipinski definition) is 2.